The Hall–Kier alpha value is -3.07. The maximum absolute atomic E-state index is 12.2. The fraction of sp³-hybridized carbons (Fsp3) is 0.300. The molecule has 9 heteroatoms. The molecule has 1 aliphatic rings. The van der Waals surface area contributed by atoms with Crippen molar-refractivity contribution in [2.24, 2.45) is 0 Å². The summed E-state index contributed by atoms with van der Waals surface area (Å²) < 4.78 is 30.6. The van der Waals surface area contributed by atoms with Gasteiger partial charge in [0.1, 0.15) is 5.75 Å². The maximum atomic E-state index is 12.2. The predicted molar refractivity (Wildman–Crippen MR) is 109 cm³/mol. The van der Waals surface area contributed by atoms with Crippen LogP contribution >= 0.6 is 0 Å². The molecular formula is C20H23N3O5S. The summed E-state index contributed by atoms with van der Waals surface area (Å²) in [6.07, 6.45) is 0.584. The lowest BCUT2D eigenvalue weighted by molar-refractivity contribution is -0.123. The van der Waals surface area contributed by atoms with E-state index in [1.165, 1.54) is 16.4 Å². The van der Waals surface area contributed by atoms with E-state index in [1.54, 1.807) is 18.2 Å². The first-order valence-electron chi connectivity index (χ1n) is 9.16. The van der Waals surface area contributed by atoms with Crippen LogP contribution in [0.2, 0.25) is 0 Å². The van der Waals surface area contributed by atoms with Gasteiger partial charge in [-0.3, -0.25) is 24.7 Å². The van der Waals surface area contributed by atoms with Gasteiger partial charge >= 0.3 is 0 Å². The predicted octanol–water partition coefficient (Wildman–Crippen LogP) is 1.68. The summed E-state index contributed by atoms with van der Waals surface area (Å²) in [5, 5.41) is 0. The molecule has 0 atom stereocenters. The fourth-order valence-electron chi connectivity index (χ4n) is 2.90. The molecule has 0 saturated carbocycles. The third kappa shape index (κ3) is 5.05. The van der Waals surface area contributed by atoms with E-state index in [2.05, 4.69) is 10.9 Å². The Morgan fingerprint density at radius 2 is 1.76 bits per heavy atom. The van der Waals surface area contributed by atoms with Crippen molar-refractivity contribution in [1.29, 1.82) is 0 Å². The smallest absolute Gasteiger partial charge is 0.276 e. The van der Waals surface area contributed by atoms with E-state index < -0.39 is 21.8 Å². The normalized spacial score (nSPS) is 15.0. The Bertz CT molecular complexity index is 1020. The van der Waals surface area contributed by atoms with Crippen molar-refractivity contribution in [2.75, 3.05) is 23.2 Å². The SMILES string of the molecule is Cc1ccc(OCC(=O)NNC(=O)c2ccc(N3CCCS3(=O)=O)cc2)cc1C. The summed E-state index contributed by atoms with van der Waals surface area (Å²) in [5.41, 5.74) is 7.60. The second kappa shape index (κ2) is 8.52. The van der Waals surface area contributed by atoms with Crippen LogP contribution in [0.1, 0.15) is 27.9 Å². The van der Waals surface area contributed by atoms with Crippen molar-refractivity contribution in [3.05, 3.63) is 59.2 Å². The number of carbonyl (C=O) groups excluding carboxylic acids is 2. The minimum Gasteiger partial charge on any atom is -0.484 e. The molecule has 0 aliphatic carbocycles. The molecule has 0 bridgehead atoms. The van der Waals surface area contributed by atoms with E-state index in [1.807, 2.05) is 26.0 Å². The van der Waals surface area contributed by atoms with E-state index >= 15 is 0 Å². The molecule has 0 unspecified atom stereocenters. The first-order valence-corrected chi connectivity index (χ1v) is 10.8. The number of aryl methyl sites for hydroxylation is 2. The Morgan fingerprint density at radius 1 is 1.03 bits per heavy atom. The van der Waals surface area contributed by atoms with Crippen LogP contribution in [0.15, 0.2) is 42.5 Å². The molecule has 1 fully saturated rings. The number of hydrogen-bond donors (Lipinski definition) is 2. The molecule has 2 N–H and O–H groups in total. The van der Waals surface area contributed by atoms with E-state index in [9.17, 15) is 18.0 Å². The number of carbonyl (C=O) groups is 2. The van der Waals surface area contributed by atoms with Gasteiger partial charge in [0.05, 0.1) is 11.4 Å². The number of rotatable bonds is 5. The Morgan fingerprint density at radius 3 is 2.38 bits per heavy atom. The van der Waals surface area contributed by atoms with Gasteiger partial charge in [-0.05, 0) is 67.8 Å². The Balaban J connectivity index is 1.49. The van der Waals surface area contributed by atoms with Crippen molar-refractivity contribution in [1.82, 2.24) is 10.9 Å². The summed E-state index contributed by atoms with van der Waals surface area (Å²) in [7, 11) is -3.27. The van der Waals surface area contributed by atoms with Crippen LogP contribution in [0.3, 0.4) is 0 Å². The number of hydrazine groups is 1. The van der Waals surface area contributed by atoms with Crippen molar-refractivity contribution < 1.29 is 22.7 Å². The summed E-state index contributed by atoms with van der Waals surface area (Å²) >= 11 is 0. The second-order valence-electron chi connectivity index (χ2n) is 6.83. The van der Waals surface area contributed by atoms with E-state index in [0.717, 1.165) is 11.1 Å². The number of sulfonamides is 1. The summed E-state index contributed by atoms with van der Waals surface area (Å²) in [4.78, 5) is 24.0. The van der Waals surface area contributed by atoms with Crippen molar-refractivity contribution in [3.8, 4) is 5.75 Å². The van der Waals surface area contributed by atoms with Crippen LogP contribution in [0, 0.1) is 13.8 Å². The molecule has 1 aliphatic heterocycles. The highest BCUT2D eigenvalue weighted by Crippen LogP contribution is 2.24. The molecule has 3 rings (SSSR count). The molecule has 8 nitrogen and oxygen atoms in total. The lowest BCUT2D eigenvalue weighted by Crippen LogP contribution is -2.43. The number of nitrogens with zero attached hydrogens (tertiary/aromatic N) is 1. The molecule has 0 radical (unpaired) electrons. The van der Waals surface area contributed by atoms with Gasteiger partial charge in [0, 0.05) is 12.1 Å². The molecular weight excluding hydrogens is 394 g/mol. The molecule has 0 spiro atoms. The zero-order chi connectivity index (χ0) is 21.0. The van der Waals surface area contributed by atoms with Crippen LogP contribution in [-0.4, -0.2) is 39.1 Å². The van der Waals surface area contributed by atoms with Gasteiger partial charge in [-0.25, -0.2) is 8.42 Å². The average Bonchev–Trinajstić information content (AvgIpc) is 3.06. The van der Waals surface area contributed by atoms with Gasteiger partial charge in [-0.15, -0.1) is 0 Å². The molecule has 0 aromatic heterocycles. The second-order valence-corrected chi connectivity index (χ2v) is 8.84. The van der Waals surface area contributed by atoms with Gasteiger partial charge in [-0.1, -0.05) is 6.07 Å². The van der Waals surface area contributed by atoms with Crippen LogP contribution in [0.25, 0.3) is 0 Å². The van der Waals surface area contributed by atoms with Crippen molar-refractivity contribution >= 4 is 27.5 Å². The number of benzene rings is 2. The number of amides is 2. The molecule has 2 amide bonds. The fourth-order valence-corrected chi connectivity index (χ4v) is 4.46. The monoisotopic (exact) mass is 417 g/mol. The molecule has 1 saturated heterocycles. The molecule has 2 aromatic carbocycles. The minimum atomic E-state index is -3.27. The molecule has 1 heterocycles. The Kier molecular flexibility index (Phi) is 6.07. The highest BCUT2D eigenvalue weighted by Gasteiger charge is 2.28. The highest BCUT2D eigenvalue weighted by molar-refractivity contribution is 7.93. The molecule has 29 heavy (non-hydrogen) atoms. The lowest BCUT2D eigenvalue weighted by Gasteiger charge is -2.17. The first-order chi connectivity index (χ1) is 13.8. The minimum absolute atomic E-state index is 0.130. The van der Waals surface area contributed by atoms with Gasteiger partial charge in [-0.2, -0.15) is 0 Å². The number of nitrogens with one attached hydrogen (secondary N) is 2. The standard InChI is InChI=1S/C20H23N3O5S/c1-14-4-9-18(12-15(14)2)28-13-19(24)21-22-20(25)16-5-7-17(8-6-16)23-10-3-11-29(23,26)27/h4-9,12H,3,10-11,13H2,1-2H3,(H,21,24)(H,22,25). The van der Waals surface area contributed by atoms with E-state index in [0.29, 0.717) is 30.0 Å². The van der Waals surface area contributed by atoms with E-state index in [-0.39, 0.29) is 12.4 Å². The summed E-state index contributed by atoms with van der Waals surface area (Å²) in [6.45, 7) is 4.13. The number of ether oxygens (including phenoxy) is 1. The summed E-state index contributed by atoms with van der Waals surface area (Å²) in [6, 6.07) is 11.7. The molecule has 2 aromatic rings. The largest absolute Gasteiger partial charge is 0.484 e. The van der Waals surface area contributed by atoms with Crippen LogP contribution in [-0.2, 0) is 14.8 Å². The number of anilines is 1. The van der Waals surface area contributed by atoms with Gasteiger partial charge in [0.25, 0.3) is 11.8 Å². The highest BCUT2D eigenvalue weighted by atomic mass is 32.2. The van der Waals surface area contributed by atoms with Gasteiger partial charge in [0.15, 0.2) is 6.61 Å². The first kappa shape index (κ1) is 20.7. The zero-order valence-corrected chi connectivity index (χ0v) is 17.1. The maximum Gasteiger partial charge on any atom is 0.276 e. The Labute approximate surface area is 169 Å². The van der Waals surface area contributed by atoms with Crippen molar-refractivity contribution in [2.45, 2.75) is 20.3 Å². The van der Waals surface area contributed by atoms with Crippen molar-refractivity contribution in [3.63, 3.8) is 0 Å². The lowest BCUT2D eigenvalue weighted by atomic mass is 10.1. The number of hydrogen-bond acceptors (Lipinski definition) is 5. The van der Waals surface area contributed by atoms with Crippen LogP contribution in [0.4, 0.5) is 5.69 Å². The third-order valence-electron chi connectivity index (χ3n) is 4.68. The quantitative estimate of drug-likeness (QED) is 0.721. The van der Waals surface area contributed by atoms with Gasteiger partial charge < -0.3 is 4.74 Å². The van der Waals surface area contributed by atoms with E-state index in [4.69, 9.17) is 4.74 Å². The van der Waals surface area contributed by atoms with Crippen LogP contribution < -0.4 is 19.9 Å². The average molecular weight is 417 g/mol. The topological polar surface area (TPSA) is 105 Å². The molecule has 154 valence electrons. The summed E-state index contributed by atoms with van der Waals surface area (Å²) in [5.74, 6) is -0.315. The van der Waals surface area contributed by atoms with Gasteiger partial charge in [0.2, 0.25) is 10.0 Å². The van der Waals surface area contributed by atoms with Crippen LogP contribution in [0.5, 0.6) is 5.75 Å². The third-order valence-corrected chi connectivity index (χ3v) is 6.55. The zero-order valence-electron chi connectivity index (χ0n) is 16.3.